The Kier molecular flexibility index (Phi) is 5.40. The molecule has 0 spiro atoms. The third kappa shape index (κ3) is 3.76. The predicted molar refractivity (Wildman–Crippen MR) is 115 cm³/mol. The SMILES string of the molecule is C=N/C(=C(C)\C=N/CNc1cc(C)n(C)n1)c1c[nH]c2c(NC)cccc12. The average molecular weight is 363 g/mol. The first-order valence-electron chi connectivity index (χ1n) is 8.75. The molecule has 3 aromatic rings. The Bertz CT molecular complexity index is 1000. The Morgan fingerprint density at radius 1 is 1.41 bits per heavy atom. The lowest BCUT2D eigenvalue weighted by molar-refractivity contribution is 0.741. The Morgan fingerprint density at radius 3 is 2.89 bits per heavy atom. The van der Waals surface area contributed by atoms with Gasteiger partial charge in [0.2, 0.25) is 0 Å². The Labute approximate surface area is 158 Å². The normalized spacial score (nSPS) is 12.4. The summed E-state index contributed by atoms with van der Waals surface area (Å²) in [5.74, 6) is 0.812. The van der Waals surface area contributed by atoms with Gasteiger partial charge in [-0.1, -0.05) is 12.1 Å². The van der Waals surface area contributed by atoms with Crippen LogP contribution in [0.5, 0.6) is 0 Å². The van der Waals surface area contributed by atoms with Crippen molar-refractivity contribution in [3.8, 4) is 0 Å². The molecule has 0 saturated carbocycles. The van der Waals surface area contributed by atoms with Crippen LogP contribution >= 0.6 is 0 Å². The molecular formula is C20H25N7. The molecule has 27 heavy (non-hydrogen) atoms. The number of benzene rings is 1. The average Bonchev–Trinajstić information content (AvgIpc) is 3.23. The zero-order valence-electron chi connectivity index (χ0n) is 16.2. The lowest BCUT2D eigenvalue weighted by Crippen LogP contribution is -2.01. The van der Waals surface area contributed by atoms with Crippen LogP contribution in [0.15, 0.2) is 46.0 Å². The van der Waals surface area contributed by atoms with Crippen LogP contribution in [0, 0.1) is 6.92 Å². The van der Waals surface area contributed by atoms with E-state index < -0.39 is 0 Å². The number of fused-ring (bicyclic) bond motifs is 1. The fraction of sp³-hybridized carbons (Fsp3) is 0.250. The number of anilines is 2. The van der Waals surface area contributed by atoms with Gasteiger partial charge in [0.25, 0.3) is 0 Å². The number of H-pyrrole nitrogens is 1. The number of hydrogen-bond acceptors (Lipinski definition) is 5. The van der Waals surface area contributed by atoms with Gasteiger partial charge in [-0.05, 0) is 32.2 Å². The molecule has 0 bridgehead atoms. The summed E-state index contributed by atoms with van der Waals surface area (Å²) < 4.78 is 1.83. The van der Waals surface area contributed by atoms with E-state index in [0.717, 1.165) is 44.9 Å². The van der Waals surface area contributed by atoms with E-state index in [-0.39, 0.29) is 0 Å². The molecule has 0 atom stereocenters. The summed E-state index contributed by atoms with van der Waals surface area (Å²) in [6, 6.07) is 8.11. The molecule has 1 aromatic carbocycles. The summed E-state index contributed by atoms with van der Waals surface area (Å²) in [6.45, 7) is 8.19. The Morgan fingerprint density at radius 2 is 2.22 bits per heavy atom. The molecule has 3 rings (SSSR count). The quantitative estimate of drug-likeness (QED) is 0.558. The van der Waals surface area contributed by atoms with Crippen LogP contribution in [0.1, 0.15) is 18.2 Å². The second-order valence-electron chi connectivity index (χ2n) is 6.31. The standard InChI is InChI=1S/C20H25N7/c1-13(10-23-12-25-18-9-14(2)27(5)26-18)19(22-4)16-11-24-20-15(16)7-6-8-17(20)21-3/h6-11,21,24H,4,12H2,1-3,5H3,(H,25,26)/b19-13-,23-10-. The molecule has 140 valence electrons. The van der Waals surface area contributed by atoms with Gasteiger partial charge in [0, 0.05) is 49.2 Å². The van der Waals surface area contributed by atoms with Crippen molar-refractivity contribution in [2.24, 2.45) is 17.0 Å². The monoisotopic (exact) mass is 363 g/mol. The van der Waals surface area contributed by atoms with Gasteiger partial charge in [-0.15, -0.1) is 0 Å². The lowest BCUT2D eigenvalue weighted by Gasteiger charge is -2.05. The maximum Gasteiger partial charge on any atom is 0.149 e. The highest BCUT2D eigenvalue weighted by Crippen LogP contribution is 2.31. The summed E-state index contributed by atoms with van der Waals surface area (Å²) in [5, 5.41) is 11.8. The predicted octanol–water partition coefficient (Wildman–Crippen LogP) is 3.82. The largest absolute Gasteiger partial charge is 0.386 e. The van der Waals surface area contributed by atoms with E-state index in [1.807, 2.05) is 63.2 Å². The highest BCUT2D eigenvalue weighted by molar-refractivity contribution is 6.02. The van der Waals surface area contributed by atoms with Crippen molar-refractivity contribution in [1.29, 1.82) is 0 Å². The van der Waals surface area contributed by atoms with Crippen molar-refractivity contribution in [2.75, 3.05) is 24.3 Å². The molecule has 7 nitrogen and oxygen atoms in total. The number of aromatic nitrogens is 3. The van der Waals surface area contributed by atoms with Crippen LogP contribution in [0.4, 0.5) is 11.5 Å². The number of allylic oxidation sites excluding steroid dienone is 1. The minimum absolute atomic E-state index is 0.440. The van der Waals surface area contributed by atoms with E-state index in [9.17, 15) is 0 Å². The molecular weight excluding hydrogens is 338 g/mol. The third-order valence-electron chi connectivity index (χ3n) is 4.52. The van der Waals surface area contributed by atoms with E-state index in [1.54, 1.807) is 0 Å². The van der Waals surface area contributed by atoms with Crippen LogP contribution < -0.4 is 10.6 Å². The first kappa shape index (κ1) is 18.4. The number of aromatic amines is 1. The van der Waals surface area contributed by atoms with Gasteiger partial charge in [0.05, 0.1) is 16.9 Å². The van der Waals surface area contributed by atoms with Crippen molar-refractivity contribution >= 4 is 41.0 Å². The second-order valence-corrected chi connectivity index (χ2v) is 6.31. The summed E-state index contributed by atoms with van der Waals surface area (Å²) in [4.78, 5) is 12.0. The van der Waals surface area contributed by atoms with Crippen LogP contribution in [-0.2, 0) is 7.05 Å². The van der Waals surface area contributed by atoms with Crippen LogP contribution in [0.2, 0.25) is 0 Å². The second kappa shape index (κ2) is 7.90. The van der Waals surface area contributed by atoms with Gasteiger partial charge in [0.1, 0.15) is 12.5 Å². The molecule has 0 fully saturated rings. The molecule has 0 saturated heterocycles. The topological polar surface area (TPSA) is 82.4 Å². The van der Waals surface area contributed by atoms with E-state index in [0.29, 0.717) is 6.67 Å². The molecule has 7 heteroatoms. The molecule has 3 N–H and O–H groups in total. The zero-order chi connectivity index (χ0) is 19.4. The summed E-state index contributed by atoms with van der Waals surface area (Å²) in [5.41, 5.74) is 5.95. The number of nitrogens with one attached hydrogen (secondary N) is 3. The van der Waals surface area contributed by atoms with Crippen molar-refractivity contribution in [1.82, 2.24) is 14.8 Å². The summed E-state index contributed by atoms with van der Waals surface area (Å²) in [6.07, 6.45) is 3.77. The van der Waals surface area contributed by atoms with Crippen molar-refractivity contribution < 1.29 is 0 Å². The number of hydrogen-bond donors (Lipinski definition) is 3. The fourth-order valence-electron chi connectivity index (χ4n) is 3.00. The Balaban J connectivity index is 1.81. The van der Waals surface area contributed by atoms with E-state index >= 15 is 0 Å². The van der Waals surface area contributed by atoms with E-state index in [4.69, 9.17) is 0 Å². The Hall–Kier alpha value is -3.35. The molecule has 0 unspecified atom stereocenters. The molecule has 0 aliphatic carbocycles. The minimum atomic E-state index is 0.440. The first-order valence-corrected chi connectivity index (χ1v) is 8.75. The molecule has 0 amide bonds. The number of aliphatic imine (C=N–C) groups is 2. The van der Waals surface area contributed by atoms with Gasteiger partial charge < -0.3 is 15.6 Å². The highest BCUT2D eigenvalue weighted by atomic mass is 15.3. The minimum Gasteiger partial charge on any atom is -0.386 e. The molecule has 0 radical (unpaired) electrons. The van der Waals surface area contributed by atoms with Crippen molar-refractivity contribution in [2.45, 2.75) is 13.8 Å². The van der Waals surface area contributed by atoms with E-state index in [1.165, 1.54) is 0 Å². The maximum absolute atomic E-state index is 4.44. The summed E-state index contributed by atoms with van der Waals surface area (Å²) in [7, 11) is 3.82. The number of nitrogens with zero attached hydrogens (tertiary/aromatic N) is 4. The molecule has 2 heterocycles. The maximum atomic E-state index is 4.44. The van der Waals surface area contributed by atoms with E-state index in [2.05, 4.69) is 43.5 Å². The van der Waals surface area contributed by atoms with Crippen LogP contribution in [-0.4, -0.2) is 41.4 Å². The van der Waals surface area contributed by atoms with Gasteiger partial charge in [0.15, 0.2) is 0 Å². The fourth-order valence-corrected chi connectivity index (χ4v) is 3.00. The number of aryl methyl sites for hydroxylation is 2. The number of para-hydroxylation sites is 1. The van der Waals surface area contributed by atoms with Gasteiger partial charge in [-0.25, -0.2) is 0 Å². The van der Waals surface area contributed by atoms with Gasteiger partial charge >= 0.3 is 0 Å². The number of rotatable bonds is 7. The smallest absolute Gasteiger partial charge is 0.149 e. The van der Waals surface area contributed by atoms with Crippen molar-refractivity contribution in [3.63, 3.8) is 0 Å². The summed E-state index contributed by atoms with van der Waals surface area (Å²) >= 11 is 0. The highest BCUT2D eigenvalue weighted by Gasteiger charge is 2.11. The molecule has 0 aliphatic heterocycles. The van der Waals surface area contributed by atoms with Crippen LogP contribution in [0.3, 0.4) is 0 Å². The molecule has 0 aliphatic rings. The van der Waals surface area contributed by atoms with Gasteiger partial charge in [-0.3, -0.25) is 14.7 Å². The zero-order valence-corrected chi connectivity index (χ0v) is 16.2. The third-order valence-corrected chi connectivity index (χ3v) is 4.52. The lowest BCUT2D eigenvalue weighted by atomic mass is 10.1. The van der Waals surface area contributed by atoms with Gasteiger partial charge in [-0.2, -0.15) is 5.10 Å². The molecule has 2 aromatic heterocycles. The van der Waals surface area contributed by atoms with Crippen molar-refractivity contribution in [3.05, 3.63) is 47.3 Å². The first-order chi connectivity index (χ1) is 13.0. The van der Waals surface area contributed by atoms with Crippen LogP contribution in [0.25, 0.3) is 16.6 Å².